The van der Waals surface area contributed by atoms with Gasteiger partial charge in [0.25, 0.3) is 0 Å². The highest BCUT2D eigenvalue weighted by Gasteiger charge is 2.08. The van der Waals surface area contributed by atoms with Crippen molar-refractivity contribution in [1.82, 2.24) is 20.6 Å². The van der Waals surface area contributed by atoms with Crippen molar-refractivity contribution in [2.24, 2.45) is 4.99 Å². The first-order valence-corrected chi connectivity index (χ1v) is 9.76. The van der Waals surface area contributed by atoms with Crippen LogP contribution in [0.1, 0.15) is 22.4 Å². The van der Waals surface area contributed by atoms with Crippen LogP contribution in [-0.2, 0) is 13.1 Å². The molecule has 0 aliphatic rings. The quantitative estimate of drug-likeness (QED) is 0.464. The number of pyridine rings is 1. The first-order valence-electron chi connectivity index (χ1n) is 8.95. The number of aromatic nitrogens is 2. The number of thiazole rings is 1. The topological polar surface area (TPSA) is 71.4 Å². The standard InChI is InChI=1S/C20H22FN5OS/c1-3-22-20(26-13-18-24-11-14(2)28-18)25-12-15-6-5-9-23-19(15)27-17-8-4-7-16(21)10-17/h4-11H,3,12-13H2,1-2H3,(H2,22,25,26). The van der Waals surface area contributed by atoms with Crippen molar-refractivity contribution < 1.29 is 9.13 Å². The molecule has 3 rings (SSSR count). The molecular formula is C20H22FN5OS. The van der Waals surface area contributed by atoms with Crippen molar-refractivity contribution in [3.05, 3.63) is 70.1 Å². The fourth-order valence-corrected chi connectivity index (χ4v) is 3.15. The fraction of sp³-hybridized carbons (Fsp3) is 0.250. The van der Waals surface area contributed by atoms with Gasteiger partial charge in [-0.05, 0) is 32.0 Å². The zero-order valence-corrected chi connectivity index (χ0v) is 16.6. The van der Waals surface area contributed by atoms with E-state index >= 15 is 0 Å². The largest absolute Gasteiger partial charge is 0.439 e. The van der Waals surface area contributed by atoms with Crippen LogP contribution in [0, 0.1) is 12.7 Å². The zero-order chi connectivity index (χ0) is 19.8. The molecule has 0 amide bonds. The molecule has 0 spiro atoms. The van der Waals surface area contributed by atoms with E-state index in [1.807, 2.05) is 32.2 Å². The molecule has 0 unspecified atom stereocenters. The van der Waals surface area contributed by atoms with Crippen LogP contribution in [0.2, 0.25) is 0 Å². The van der Waals surface area contributed by atoms with Crippen LogP contribution in [0.15, 0.2) is 53.8 Å². The van der Waals surface area contributed by atoms with Crippen molar-refractivity contribution in [2.45, 2.75) is 26.9 Å². The van der Waals surface area contributed by atoms with Gasteiger partial charge in [-0.15, -0.1) is 11.3 Å². The molecule has 0 saturated carbocycles. The van der Waals surface area contributed by atoms with E-state index in [4.69, 9.17) is 4.74 Å². The Labute approximate surface area is 167 Å². The Kier molecular flexibility index (Phi) is 6.91. The van der Waals surface area contributed by atoms with Crippen molar-refractivity contribution in [3.63, 3.8) is 0 Å². The second kappa shape index (κ2) is 9.80. The summed E-state index contributed by atoms with van der Waals surface area (Å²) in [7, 11) is 0. The predicted molar refractivity (Wildman–Crippen MR) is 109 cm³/mol. The smallest absolute Gasteiger partial charge is 0.224 e. The van der Waals surface area contributed by atoms with Gasteiger partial charge in [-0.3, -0.25) is 0 Å². The molecule has 28 heavy (non-hydrogen) atoms. The van der Waals surface area contributed by atoms with Crippen molar-refractivity contribution >= 4 is 17.3 Å². The first-order chi connectivity index (χ1) is 13.6. The summed E-state index contributed by atoms with van der Waals surface area (Å²) in [4.78, 5) is 14.4. The minimum Gasteiger partial charge on any atom is -0.439 e. The Hall–Kier alpha value is -3.00. The van der Waals surface area contributed by atoms with Gasteiger partial charge in [0, 0.05) is 35.4 Å². The van der Waals surface area contributed by atoms with Gasteiger partial charge in [-0.25, -0.2) is 19.4 Å². The molecule has 0 atom stereocenters. The Balaban J connectivity index is 1.69. The molecule has 6 nitrogen and oxygen atoms in total. The molecule has 0 fully saturated rings. The minimum atomic E-state index is -0.357. The van der Waals surface area contributed by atoms with Gasteiger partial charge < -0.3 is 15.4 Å². The molecule has 3 aromatic rings. The normalized spacial score (nSPS) is 11.3. The lowest BCUT2D eigenvalue weighted by Crippen LogP contribution is -2.36. The molecule has 0 aliphatic heterocycles. The summed E-state index contributed by atoms with van der Waals surface area (Å²) < 4.78 is 19.1. The van der Waals surface area contributed by atoms with E-state index in [9.17, 15) is 4.39 Å². The average molecular weight is 399 g/mol. The Morgan fingerprint density at radius 2 is 2.11 bits per heavy atom. The van der Waals surface area contributed by atoms with Crippen LogP contribution >= 0.6 is 11.3 Å². The number of aliphatic imine (C=N–C) groups is 1. The molecule has 0 bridgehead atoms. The van der Waals surface area contributed by atoms with Crippen LogP contribution in [0.25, 0.3) is 0 Å². The number of nitrogens with zero attached hydrogens (tertiary/aromatic N) is 3. The van der Waals surface area contributed by atoms with E-state index in [-0.39, 0.29) is 5.82 Å². The summed E-state index contributed by atoms with van der Waals surface area (Å²) in [6.07, 6.45) is 3.49. The number of rotatable bonds is 7. The van der Waals surface area contributed by atoms with Crippen LogP contribution in [-0.4, -0.2) is 22.5 Å². The number of hydrogen-bond acceptors (Lipinski definition) is 5. The number of halogens is 1. The number of guanidine groups is 1. The summed E-state index contributed by atoms with van der Waals surface area (Å²) in [6.45, 7) is 5.74. The maximum absolute atomic E-state index is 13.4. The number of nitrogens with one attached hydrogen (secondary N) is 2. The maximum atomic E-state index is 13.4. The van der Waals surface area contributed by atoms with E-state index in [0.717, 1.165) is 17.1 Å². The highest BCUT2D eigenvalue weighted by atomic mass is 32.1. The SMILES string of the molecule is CCNC(=NCc1cccnc1Oc1cccc(F)c1)NCc1ncc(C)s1. The van der Waals surface area contributed by atoms with E-state index in [1.165, 1.54) is 17.0 Å². The van der Waals surface area contributed by atoms with Crippen molar-refractivity contribution in [2.75, 3.05) is 6.54 Å². The molecular weight excluding hydrogens is 377 g/mol. The van der Waals surface area contributed by atoms with Gasteiger partial charge in [-0.2, -0.15) is 0 Å². The summed E-state index contributed by atoms with van der Waals surface area (Å²) >= 11 is 1.65. The number of hydrogen-bond donors (Lipinski definition) is 2. The third-order valence-corrected chi connectivity index (χ3v) is 4.60. The maximum Gasteiger partial charge on any atom is 0.224 e. The second-order valence-corrected chi connectivity index (χ2v) is 7.26. The average Bonchev–Trinajstić information content (AvgIpc) is 3.10. The third kappa shape index (κ3) is 5.75. The number of aryl methyl sites for hydroxylation is 1. The monoisotopic (exact) mass is 399 g/mol. The lowest BCUT2D eigenvalue weighted by Gasteiger charge is -2.11. The molecule has 0 radical (unpaired) electrons. The van der Waals surface area contributed by atoms with E-state index in [0.29, 0.717) is 30.7 Å². The molecule has 2 N–H and O–H groups in total. The van der Waals surface area contributed by atoms with Gasteiger partial charge in [0.1, 0.15) is 16.6 Å². The van der Waals surface area contributed by atoms with Gasteiger partial charge in [0.05, 0.1) is 13.1 Å². The summed E-state index contributed by atoms with van der Waals surface area (Å²) in [5.41, 5.74) is 0.800. The molecule has 2 aromatic heterocycles. The molecule has 0 aliphatic carbocycles. The molecule has 146 valence electrons. The highest BCUT2D eigenvalue weighted by Crippen LogP contribution is 2.24. The molecule has 1 aromatic carbocycles. The van der Waals surface area contributed by atoms with Gasteiger partial charge in [0.15, 0.2) is 5.96 Å². The lowest BCUT2D eigenvalue weighted by molar-refractivity contribution is 0.452. The first kappa shape index (κ1) is 19.8. The molecule has 2 heterocycles. The van der Waals surface area contributed by atoms with Crippen LogP contribution < -0.4 is 15.4 Å². The minimum absolute atomic E-state index is 0.357. The Morgan fingerprint density at radius 1 is 1.21 bits per heavy atom. The number of benzene rings is 1. The van der Waals surface area contributed by atoms with Crippen molar-refractivity contribution in [1.29, 1.82) is 0 Å². The molecule has 0 saturated heterocycles. The van der Waals surface area contributed by atoms with E-state index in [1.54, 1.807) is 29.7 Å². The van der Waals surface area contributed by atoms with E-state index < -0.39 is 0 Å². The van der Waals surface area contributed by atoms with Crippen LogP contribution in [0.3, 0.4) is 0 Å². The highest BCUT2D eigenvalue weighted by molar-refractivity contribution is 7.11. The van der Waals surface area contributed by atoms with Gasteiger partial charge in [-0.1, -0.05) is 12.1 Å². The molecule has 8 heteroatoms. The third-order valence-electron chi connectivity index (χ3n) is 3.69. The summed E-state index contributed by atoms with van der Waals surface area (Å²) in [5.74, 6) is 1.12. The van der Waals surface area contributed by atoms with Gasteiger partial charge >= 0.3 is 0 Å². The predicted octanol–water partition coefficient (Wildman–Crippen LogP) is 4.03. The summed E-state index contributed by atoms with van der Waals surface area (Å²) in [5, 5.41) is 7.48. The van der Waals surface area contributed by atoms with Gasteiger partial charge in [0.2, 0.25) is 5.88 Å². The fourth-order valence-electron chi connectivity index (χ4n) is 2.43. The van der Waals surface area contributed by atoms with Crippen LogP contribution in [0.5, 0.6) is 11.6 Å². The van der Waals surface area contributed by atoms with Crippen molar-refractivity contribution in [3.8, 4) is 11.6 Å². The zero-order valence-electron chi connectivity index (χ0n) is 15.8. The number of ether oxygens (including phenoxy) is 1. The Morgan fingerprint density at radius 3 is 2.86 bits per heavy atom. The second-order valence-electron chi connectivity index (χ2n) is 5.94. The lowest BCUT2D eigenvalue weighted by atomic mass is 10.2. The Bertz CT molecular complexity index is 944. The van der Waals surface area contributed by atoms with E-state index in [2.05, 4.69) is 25.6 Å². The summed E-state index contributed by atoms with van der Waals surface area (Å²) in [6, 6.07) is 9.68. The van der Waals surface area contributed by atoms with Crippen LogP contribution in [0.4, 0.5) is 4.39 Å².